The van der Waals surface area contributed by atoms with Gasteiger partial charge in [-0.05, 0) is 35.9 Å². The minimum atomic E-state index is -1.17. The van der Waals surface area contributed by atoms with Gasteiger partial charge in [-0.3, -0.25) is 19.5 Å². The Kier molecular flexibility index (Phi) is 5.79. The van der Waals surface area contributed by atoms with Crippen LogP contribution >= 0.6 is 11.6 Å². The summed E-state index contributed by atoms with van der Waals surface area (Å²) in [6, 6.07) is 8.65. The van der Waals surface area contributed by atoms with Crippen molar-refractivity contribution in [3.05, 3.63) is 86.8 Å². The van der Waals surface area contributed by atoms with Crippen LogP contribution < -0.4 is 10.9 Å². The molecule has 0 spiro atoms. The Morgan fingerprint density at radius 2 is 1.83 bits per heavy atom. The van der Waals surface area contributed by atoms with E-state index in [1.807, 2.05) is 0 Å². The van der Waals surface area contributed by atoms with Crippen LogP contribution in [-0.4, -0.2) is 26.8 Å². The highest BCUT2D eigenvalue weighted by atomic mass is 35.5. The lowest BCUT2D eigenvalue weighted by molar-refractivity contribution is -0.137. The summed E-state index contributed by atoms with van der Waals surface area (Å²) in [6.45, 7) is 0. The molecule has 10 heteroatoms. The van der Waals surface area contributed by atoms with Gasteiger partial charge in [-0.2, -0.15) is 0 Å². The lowest BCUT2D eigenvalue weighted by atomic mass is 10.0. The smallest absolute Gasteiger partial charge is 0.305 e. The Bertz CT molecular complexity index is 1130. The number of carbonyl (C=O) groups is 2. The van der Waals surface area contributed by atoms with E-state index in [9.17, 15) is 23.2 Å². The highest BCUT2D eigenvalue weighted by Crippen LogP contribution is 2.19. The number of amides is 1. The molecule has 0 bridgehead atoms. The van der Waals surface area contributed by atoms with Gasteiger partial charge in [0.25, 0.3) is 11.5 Å². The number of carboxylic acid groups (broad SMARTS) is 1. The first-order chi connectivity index (χ1) is 13.7. The Hall–Kier alpha value is -3.46. The molecule has 0 aliphatic carbocycles. The first-order valence-electron chi connectivity index (χ1n) is 8.30. The van der Waals surface area contributed by atoms with Crippen molar-refractivity contribution in [2.24, 2.45) is 0 Å². The van der Waals surface area contributed by atoms with E-state index in [1.165, 1.54) is 24.3 Å². The molecule has 2 aromatic carbocycles. The fourth-order valence-corrected chi connectivity index (χ4v) is 2.86. The summed E-state index contributed by atoms with van der Waals surface area (Å²) in [6.07, 6.45) is -0.449. The molecule has 0 aliphatic rings. The van der Waals surface area contributed by atoms with Crippen molar-refractivity contribution < 1.29 is 23.5 Å². The van der Waals surface area contributed by atoms with Crippen molar-refractivity contribution in [2.45, 2.75) is 12.5 Å². The van der Waals surface area contributed by atoms with Crippen LogP contribution in [0, 0.1) is 11.6 Å². The van der Waals surface area contributed by atoms with Crippen molar-refractivity contribution in [1.29, 1.82) is 0 Å². The first kappa shape index (κ1) is 20.3. The van der Waals surface area contributed by atoms with Gasteiger partial charge in [0.1, 0.15) is 17.3 Å². The maximum Gasteiger partial charge on any atom is 0.305 e. The Labute approximate surface area is 167 Å². The second-order valence-electron chi connectivity index (χ2n) is 6.12. The van der Waals surface area contributed by atoms with E-state index in [0.717, 1.165) is 28.9 Å². The number of aromatic nitrogens is 2. The zero-order valence-electron chi connectivity index (χ0n) is 14.7. The maximum atomic E-state index is 13.3. The number of rotatable bonds is 6. The lowest BCUT2D eigenvalue weighted by Gasteiger charge is -2.17. The topological polar surface area (TPSA) is 104 Å². The molecular formula is C19H14ClF2N3O4. The number of hydrogen-bond acceptors (Lipinski definition) is 3. The molecule has 3 rings (SSSR count). The highest BCUT2D eigenvalue weighted by Gasteiger charge is 2.21. The zero-order chi connectivity index (χ0) is 21.1. The van der Waals surface area contributed by atoms with Gasteiger partial charge in [-0.1, -0.05) is 23.7 Å². The quantitative estimate of drug-likeness (QED) is 0.569. The number of aliphatic carboxylic acids is 1. The summed E-state index contributed by atoms with van der Waals surface area (Å²) >= 11 is 5.72. The molecule has 1 amide bonds. The molecule has 1 atom stereocenters. The monoisotopic (exact) mass is 421 g/mol. The second kappa shape index (κ2) is 8.27. The molecule has 3 N–H and O–H groups in total. The molecule has 29 heavy (non-hydrogen) atoms. The third-order valence-electron chi connectivity index (χ3n) is 4.08. The number of carboxylic acids is 1. The largest absolute Gasteiger partial charge is 0.481 e. The number of benzene rings is 2. The summed E-state index contributed by atoms with van der Waals surface area (Å²) < 4.78 is 27.4. The summed E-state index contributed by atoms with van der Waals surface area (Å²) in [5.41, 5.74) is -0.155. The summed E-state index contributed by atoms with van der Waals surface area (Å²) in [5.74, 6) is -3.09. The Morgan fingerprint density at radius 3 is 2.45 bits per heavy atom. The number of halogens is 3. The SMILES string of the molecule is O=C(O)CC(NC(=O)c1cc(=O)n(-c2ccc(F)c(Cl)c2)[nH]1)c1ccc(F)cc1. The molecule has 0 fully saturated rings. The van der Waals surface area contributed by atoms with E-state index >= 15 is 0 Å². The summed E-state index contributed by atoms with van der Waals surface area (Å²) in [7, 11) is 0. The molecule has 0 aliphatic heterocycles. The fourth-order valence-electron chi connectivity index (χ4n) is 2.69. The fraction of sp³-hybridized carbons (Fsp3) is 0.105. The van der Waals surface area contributed by atoms with Gasteiger partial charge in [0.05, 0.1) is 23.2 Å². The van der Waals surface area contributed by atoms with Crippen molar-refractivity contribution in [3.63, 3.8) is 0 Å². The average Bonchev–Trinajstić information content (AvgIpc) is 3.05. The summed E-state index contributed by atoms with van der Waals surface area (Å²) in [4.78, 5) is 35.9. The Balaban J connectivity index is 1.87. The van der Waals surface area contributed by atoms with Gasteiger partial charge in [0.2, 0.25) is 0 Å². The molecule has 1 aromatic heterocycles. The van der Waals surface area contributed by atoms with Gasteiger partial charge < -0.3 is 10.4 Å². The number of aromatic amines is 1. The molecule has 150 valence electrons. The third kappa shape index (κ3) is 4.69. The summed E-state index contributed by atoms with van der Waals surface area (Å²) in [5, 5.41) is 14.0. The van der Waals surface area contributed by atoms with E-state index in [2.05, 4.69) is 10.4 Å². The van der Waals surface area contributed by atoms with Crippen LogP contribution in [0.3, 0.4) is 0 Å². The van der Waals surface area contributed by atoms with E-state index in [0.29, 0.717) is 5.56 Å². The molecular weight excluding hydrogens is 408 g/mol. The van der Waals surface area contributed by atoms with Crippen LogP contribution in [0.1, 0.15) is 28.5 Å². The van der Waals surface area contributed by atoms with Gasteiger partial charge in [0.15, 0.2) is 0 Å². The molecule has 1 heterocycles. The first-order valence-corrected chi connectivity index (χ1v) is 8.68. The maximum absolute atomic E-state index is 13.3. The standard InChI is InChI=1S/C19H14ClF2N3O4/c20-13-7-12(5-6-14(13)22)25-17(26)8-16(24-25)19(29)23-15(9-18(27)28)10-1-3-11(21)4-2-10/h1-8,15,24H,9H2,(H,23,29)(H,27,28). The molecule has 0 saturated carbocycles. The number of H-pyrrole nitrogens is 1. The predicted octanol–water partition coefficient (Wildman–Crippen LogP) is 3.04. The van der Waals surface area contributed by atoms with Crippen molar-refractivity contribution in [2.75, 3.05) is 0 Å². The lowest BCUT2D eigenvalue weighted by Crippen LogP contribution is -2.30. The molecule has 0 saturated heterocycles. The third-order valence-corrected chi connectivity index (χ3v) is 4.37. The van der Waals surface area contributed by atoms with Gasteiger partial charge in [-0.25, -0.2) is 13.5 Å². The van der Waals surface area contributed by atoms with E-state index in [-0.39, 0.29) is 16.4 Å². The van der Waals surface area contributed by atoms with E-state index in [4.69, 9.17) is 16.7 Å². The zero-order valence-corrected chi connectivity index (χ0v) is 15.4. The van der Waals surface area contributed by atoms with Crippen LogP contribution in [0.4, 0.5) is 8.78 Å². The predicted molar refractivity (Wildman–Crippen MR) is 100 cm³/mol. The average molecular weight is 422 g/mol. The normalized spacial score (nSPS) is 11.8. The van der Waals surface area contributed by atoms with Gasteiger partial charge >= 0.3 is 5.97 Å². The highest BCUT2D eigenvalue weighted by molar-refractivity contribution is 6.30. The Morgan fingerprint density at radius 1 is 1.14 bits per heavy atom. The second-order valence-corrected chi connectivity index (χ2v) is 6.52. The molecule has 1 unspecified atom stereocenters. The van der Waals surface area contributed by atoms with Crippen molar-refractivity contribution >= 4 is 23.5 Å². The van der Waals surface area contributed by atoms with Crippen LogP contribution in [0.2, 0.25) is 5.02 Å². The van der Waals surface area contributed by atoms with Crippen LogP contribution in [0.5, 0.6) is 0 Å². The number of nitrogens with zero attached hydrogens (tertiary/aromatic N) is 1. The molecule has 3 aromatic rings. The number of hydrogen-bond donors (Lipinski definition) is 3. The number of carbonyl (C=O) groups excluding carboxylic acids is 1. The van der Waals surface area contributed by atoms with Gasteiger partial charge in [-0.15, -0.1) is 0 Å². The van der Waals surface area contributed by atoms with E-state index < -0.39 is 41.5 Å². The van der Waals surface area contributed by atoms with Crippen LogP contribution in [0.25, 0.3) is 5.69 Å². The van der Waals surface area contributed by atoms with Crippen LogP contribution in [-0.2, 0) is 4.79 Å². The number of nitrogens with one attached hydrogen (secondary N) is 2. The molecule has 7 nitrogen and oxygen atoms in total. The minimum Gasteiger partial charge on any atom is -0.481 e. The van der Waals surface area contributed by atoms with E-state index in [1.54, 1.807) is 0 Å². The van der Waals surface area contributed by atoms with Crippen LogP contribution in [0.15, 0.2) is 53.3 Å². The molecule has 0 radical (unpaired) electrons. The minimum absolute atomic E-state index is 0.145. The van der Waals surface area contributed by atoms with Crippen molar-refractivity contribution in [3.8, 4) is 5.69 Å². The van der Waals surface area contributed by atoms with Gasteiger partial charge in [0, 0.05) is 6.07 Å². The van der Waals surface area contributed by atoms with Crippen molar-refractivity contribution in [1.82, 2.24) is 15.1 Å².